The summed E-state index contributed by atoms with van der Waals surface area (Å²) in [4.78, 5) is 0.329. The quantitative estimate of drug-likeness (QED) is 0.911. The van der Waals surface area contributed by atoms with Crippen LogP contribution in [0.2, 0.25) is 0 Å². The van der Waals surface area contributed by atoms with Gasteiger partial charge in [-0.1, -0.05) is 6.07 Å². The Morgan fingerprint density at radius 1 is 1.25 bits per heavy atom. The van der Waals surface area contributed by atoms with E-state index in [1.54, 1.807) is 35.7 Å². The van der Waals surface area contributed by atoms with E-state index in [4.69, 9.17) is 4.74 Å². The molecule has 3 rings (SSSR count). The van der Waals surface area contributed by atoms with Crippen molar-refractivity contribution >= 4 is 10.0 Å². The van der Waals surface area contributed by atoms with Crippen LogP contribution in [-0.2, 0) is 10.0 Å². The molecule has 1 N–H and O–H groups in total. The zero-order valence-corrected chi connectivity index (χ0v) is 12.4. The molecular weight excluding hydrogens is 276 g/mol. The van der Waals surface area contributed by atoms with E-state index in [1.807, 2.05) is 0 Å². The van der Waals surface area contributed by atoms with Gasteiger partial charge < -0.3 is 10.1 Å². The van der Waals surface area contributed by atoms with Gasteiger partial charge >= 0.3 is 0 Å². The second kappa shape index (κ2) is 5.35. The van der Waals surface area contributed by atoms with E-state index in [-0.39, 0.29) is 12.1 Å². The van der Waals surface area contributed by atoms with E-state index in [9.17, 15) is 8.42 Å². The van der Waals surface area contributed by atoms with Gasteiger partial charge in [-0.25, -0.2) is 8.42 Å². The number of ether oxygens (including phenoxy) is 1. The number of hydrogen-bond acceptors (Lipinski definition) is 4. The maximum Gasteiger partial charge on any atom is 0.243 e. The van der Waals surface area contributed by atoms with Crippen LogP contribution in [0.3, 0.4) is 0 Å². The molecule has 5 nitrogen and oxygen atoms in total. The fourth-order valence-electron chi connectivity index (χ4n) is 3.21. The van der Waals surface area contributed by atoms with Gasteiger partial charge in [0, 0.05) is 24.7 Å². The molecule has 2 saturated heterocycles. The smallest absolute Gasteiger partial charge is 0.243 e. The van der Waals surface area contributed by atoms with Gasteiger partial charge in [0.05, 0.1) is 12.0 Å². The first-order valence-corrected chi connectivity index (χ1v) is 8.45. The lowest BCUT2D eigenvalue weighted by Crippen LogP contribution is -2.42. The molecule has 0 radical (unpaired) electrons. The van der Waals surface area contributed by atoms with E-state index >= 15 is 0 Å². The van der Waals surface area contributed by atoms with Gasteiger partial charge in [0.25, 0.3) is 0 Å². The van der Waals surface area contributed by atoms with Gasteiger partial charge in [-0.2, -0.15) is 4.31 Å². The molecule has 2 aliphatic heterocycles. The maximum atomic E-state index is 12.9. The highest BCUT2D eigenvalue weighted by Crippen LogP contribution is 2.34. The number of nitrogens with one attached hydrogen (secondary N) is 1. The highest BCUT2D eigenvalue weighted by atomic mass is 32.2. The van der Waals surface area contributed by atoms with Crippen LogP contribution in [0.1, 0.15) is 19.3 Å². The van der Waals surface area contributed by atoms with Crippen LogP contribution in [0.15, 0.2) is 29.2 Å². The van der Waals surface area contributed by atoms with E-state index in [0.29, 0.717) is 10.6 Å². The van der Waals surface area contributed by atoms with Gasteiger partial charge in [0.2, 0.25) is 10.0 Å². The predicted octanol–water partition coefficient (Wildman–Crippen LogP) is 1.21. The number of rotatable bonds is 3. The summed E-state index contributed by atoms with van der Waals surface area (Å²) in [5, 5.41) is 3.32. The number of sulfonamides is 1. The molecule has 2 fully saturated rings. The molecule has 2 heterocycles. The minimum atomic E-state index is -3.44. The van der Waals surface area contributed by atoms with Crippen molar-refractivity contribution in [2.75, 3.05) is 20.2 Å². The number of benzene rings is 1. The van der Waals surface area contributed by atoms with Crippen molar-refractivity contribution in [2.24, 2.45) is 0 Å². The summed E-state index contributed by atoms with van der Waals surface area (Å²) in [7, 11) is -1.89. The molecule has 0 unspecified atom stereocenters. The van der Waals surface area contributed by atoms with Gasteiger partial charge in [-0.3, -0.25) is 0 Å². The summed E-state index contributed by atoms with van der Waals surface area (Å²) in [5.41, 5.74) is 0. The molecule has 110 valence electrons. The van der Waals surface area contributed by atoms with Crippen molar-refractivity contribution in [2.45, 2.75) is 36.2 Å². The van der Waals surface area contributed by atoms with Crippen LogP contribution in [0.4, 0.5) is 0 Å². The van der Waals surface area contributed by atoms with Gasteiger partial charge in [0.1, 0.15) is 5.75 Å². The highest BCUT2D eigenvalue weighted by Gasteiger charge is 2.42. The third-order valence-corrected chi connectivity index (χ3v) is 6.20. The second-order valence-corrected chi connectivity index (χ2v) is 7.23. The average Bonchev–Trinajstić information content (AvgIpc) is 2.73. The van der Waals surface area contributed by atoms with E-state index in [2.05, 4.69) is 5.32 Å². The number of methoxy groups -OCH3 is 1. The maximum absolute atomic E-state index is 12.9. The van der Waals surface area contributed by atoms with Crippen molar-refractivity contribution in [3.63, 3.8) is 0 Å². The summed E-state index contributed by atoms with van der Waals surface area (Å²) < 4.78 is 32.7. The van der Waals surface area contributed by atoms with Crippen LogP contribution in [0, 0.1) is 0 Å². The normalized spacial score (nSPS) is 27.2. The van der Waals surface area contributed by atoms with Crippen LogP contribution < -0.4 is 10.1 Å². The van der Waals surface area contributed by atoms with Crippen molar-refractivity contribution in [3.05, 3.63) is 24.3 Å². The first-order chi connectivity index (χ1) is 9.63. The van der Waals surface area contributed by atoms with Crippen LogP contribution in [0.25, 0.3) is 0 Å². The molecule has 0 amide bonds. The molecule has 1 aromatic carbocycles. The van der Waals surface area contributed by atoms with Gasteiger partial charge in [0.15, 0.2) is 0 Å². The summed E-state index contributed by atoms with van der Waals surface area (Å²) in [6.07, 6.45) is 2.80. The SMILES string of the molecule is COc1cccc(S(=O)(=O)N2[C@H]3CCNC[C@@H]2CC3)c1. The summed E-state index contributed by atoms with van der Waals surface area (Å²) in [6, 6.07) is 6.95. The van der Waals surface area contributed by atoms with Crippen LogP contribution >= 0.6 is 0 Å². The molecule has 2 atom stereocenters. The topological polar surface area (TPSA) is 58.6 Å². The first kappa shape index (κ1) is 13.9. The Hall–Kier alpha value is -1.11. The Morgan fingerprint density at radius 3 is 2.85 bits per heavy atom. The third kappa shape index (κ3) is 2.32. The van der Waals surface area contributed by atoms with Crippen molar-refractivity contribution < 1.29 is 13.2 Å². The minimum Gasteiger partial charge on any atom is -0.497 e. The fourth-order valence-corrected chi connectivity index (χ4v) is 5.15. The van der Waals surface area contributed by atoms with E-state index in [1.165, 1.54) is 0 Å². The van der Waals surface area contributed by atoms with Gasteiger partial charge in [-0.05, 0) is 37.9 Å². The van der Waals surface area contributed by atoms with Crippen LogP contribution in [-0.4, -0.2) is 45.0 Å². The van der Waals surface area contributed by atoms with Gasteiger partial charge in [-0.15, -0.1) is 0 Å². The lowest BCUT2D eigenvalue weighted by molar-refractivity contribution is 0.334. The standard InChI is InChI=1S/C14H20N2O3S/c1-19-13-3-2-4-14(9-13)20(17,18)16-11-5-6-12(16)10-15-8-7-11/h2-4,9,11-12,15H,5-8,10H2,1H3/t11-,12+/m1/s1. The third-order valence-electron chi connectivity index (χ3n) is 4.20. The van der Waals surface area contributed by atoms with Crippen molar-refractivity contribution in [1.82, 2.24) is 9.62 Å². The molecule has 2 aliphatic rings. The molecule has 0 saturated carbocycles. The molecular formula is C14H20N2O3S. The molecule has 2 bridgehead atoms. The summed E-state index contributed by atoms with van der Waals surface area (Å²) in [6.45, 7) is 1.64. The molecule has 0 spiro atoms. The minimum absolute atomic E-state index is 0.0821. The Kier molecular flexibility index (Phi) is 3.70. The zero-order valence-electron chi connectivity index (χ0n) is 11.6. The van der Waals surface area contributed by atoms with Crippen molar-refractivity contribution in [1.29, 1.82) is 0 Å². The van der Waals surface area contributed by atoms with Crippen LogP contribution in [0.5, 0.6) is 5.75 Å². The lowest BCUT2D eigenvalue weighted by atomic mass is 10.1. The Balaban J connectivity index is 1.98. The molecule has 0 aromatic heterocycles. The predicted molar refractivity (Wildman–Crippen MR) is 76.3 cm³/mol. The first-order valence-electron chi connectivity index (χ1n) is 7.01. The molecule has 20 heavy (non-hydrogen) atoms. The number of hydrogen-bond donors (Lipinski definition) is 1. The lowest BCUT2D eigenvalue weighted by Gasteiger charge is -2.27. The Bertz CT molecular complexity index is 574. The second-order valence-electron chi connectivity index (χ2n) is 5.39. The average molecular weight is 296 g/mol. The highest BCUT2D eigenvalue weighted by molar-refractivity contribution is 7.89. The summed E-state index contributed by atoms with van der Waals surface area (Å²) >= 11 is 0. The molecule has 6 heteroatoms. The fraction of sp³-hybridized carbons (Fsp3) is 0.571. The molecule has 1 aromatic rings. The monoisotopic (exact) mass is 296 g/mol. The summed E-state index contributed by atoms with van der Waals surface area (Å²) in [5.74, 6) is 0.575. The Labute approximate surface area is 120 Å². The zero-order chi connectivity index (χ0) is 14.2. The largest absolute Gasteiger partial charge is 0.497 e. The number of nitrogens with zero attached hydrogens (tertiary/aromatic N) is 1. The van der Waals surface area contributed by atoms with E-state index in [0.717, 1.165) is 32.4 Å². The van der Waals surface area contributed by atoms with Crippen molar-refractivity contribution in [3.8, 4) is 5.75 Å². The Morgan fingerprint density at radius 2 is 2.05 bits per heavy atom. The number of fused-ring (bicyclic) bond motifs is 2. The van der Waals surface area contributed by atoms with E-state index < -0.39 is 10.0 Å². The molecule has 0 aliphatic carbocycles.